The van der Waals surface area contributed by atoms with Gasteiger partial charge in [0.15, 0.2) is 0 Å². The number of hydrogen-bond acceptors (Lipinski definition) is 2. The molecule has 1 aliphatic rings. The Morgan fingerprint density at radius 2 is 2.11 bits per heavy atom. The molecule has 1 amide bonds. The van der Waals surface area contributed by atoms with Gasteiger partial charge in [-0.15, -0.1) is 0 Å². The molecule has 0 spiro atoms. The number of carbonyl (C=O) groups excluding carboxylic acids is 1. The summed E-state index contributed by atoms with van der Waals surface area (Å²) in [4.78, 5) is 14.6. The molecule has 0 atom stereocenters. The van der Waals surface area contributed by atoms with E-state index in [4.69, 9.17) is 0 Å². The molecule has 0 N–H and O–H groups in total. The van der Waals surface area contributed by atoms with Gasteiger partial charge < -0.3 is 4.90 Å². The van der Waals surface area contributed by atoms with Crippen LogP contribution >= 0.6 is 27.7 Å². The molecule has 0 aromatic heterocycles. The third kappa shape index (κ3) is 3.76. The van der Waals surface area contributed by atoms with Crippen molar-refractivity contribution in [1.29, 1.82) is 0 Å². The number of halogens is 1. The van der Waals surface area contributed by atoms with Crippen molar-refractivity contribution in [2.45, 2.75) is 31.9 Å². The molecule has 0 unspecified atom stereocenters. The second kappa shape index (κ2) is 5.88. The lowest BCUT2D eigenvalue weighted by molar-refractivity contribution is 0.0763. The summed E-state index contributed by atoms with van der Waals surface area (Å²) >= 11 is 5.46. The molecule has 0 aliphatic carbocycles. The summed E-state index contributed by atoms with van der Waals surface area (Å²) < 4.78 is 1.17. The number of carbonyl (C=O) groups is 1. The van der Waals surface area contributed by atoms with Crippen molar-refractivity contribution < 1.29 is 4.79 Å². The van der Waals surface area contributed by atoms with Gasteiger partial charge in [-0.3, -0.25) is 4.79 Å². The molecule has 1 aliphatic heterocycles. The van der Waals surface area contributed by atoms with Gasteiger partial charge in [0, 0.05) is 28.1 Å². The summed E-state index contributed by atoms with van der Waals surface area (Å²) in [7, 11) is 0. The van der Waals surface area contributed by atoms with Crippen molar-refractivity contribution in [2.75, 3.05) is 18.8 Å². The Morgan fingerprint density at radius 1 is 1.37 bits per heavy atom. The maximum absolute atomic E-state index is 12.6. The van der Waals surface area contributed by atoms with Crippen LogP contribution in [0.15, 0.2) is 22.7 Å². The molecule has 0 bridgehead atoms. The van der Waals surface area contributed by atoms with E-state index in [0.717, 1.165) is 40.9 Å². The second-order valence-corrected chi connectivity index (χ2v) is 8.29. The average Bonchev–Trinajstić information content (AvgIpc) is 2.49. The Balaban J connectivity index is 2.15. The lowest BCUT2D eigenvalue weighted by Crippen LogP contribution is -2.33. The number of hydrogen-bond donors (Lipinski definition) is 0. The fraction of sp³-hybridized carbons (Fsp3) is 0.533. The van der Waals surface area contributed by atoms with Gasteiger partial charge in [0.1, 0.15) is 0 Å². The molecule has 4 heteroatoms. The number of rotatable bonds is 1. The number of thioether (sulfide) groups is 1. The number of benzene rings is 1. The molecule has 2 rings (SSSR count). The molecule has 1 fully saturated rings. The van der Waals surface area contributed by atoms with Crippen LogP contribution in [0.1, 0.15) is 36.2 Å². The minimum atomic E-state index is 0.144. The number of nitrogens with zero attached hydrogens (tertiary/aromatic N) is 1. The summed E-state index contributed by atoms with van der Waals surface area (Å²) in [5.74, 6) is 1.16. The Morgan fingerprint density at radius 3 is 2.79 bits per heavy atom. The molecule has 0 radical (unpaired) electrons. The highest BCUT2D eigenvalue weighted by atomic mass is 79.9. The van der Waals surface area contributed by atoms with E-state index in [-0.39, 0.29) is 10.7 Å². The van der Waals surface area contributed by atoms with Crippen molar-refractivity contribution >= 4 is 33.6 Å². The minimum absolute atomic E-state index is 0.144. The quantitative estimate of drug-likeness (QED) is 0.765. The first-order valence-corrected chi connectivity index (χ1v) is 8.36. The van der Waals surface area contributed by atoms with E-state index in [1.54, 1.807) is 0 Å². The Kier molecular flexibility index (Phi) is 4.62. The molecule has 19 heavy (non-hydrogen) atoms. The van der Waals surface area contributed by atoms with Crippen LogP contribution in [0.2, 0.25) is 0 Å². The topological polar surface area (TPSA) is 20.3 Å². The molecule has 2 nitrogen and oxygen atoms in total. The van der Waals surface area contributed by atoms with Crippen LogP contribution < -0.4 is 0 Å². The summed E-state index contributed by atoms with van der Waals surface area (Å²) in [6, 6.07) is 5.92. The van der Waals surface area contributed by atoms with Gasteiger partial charge >= 0.3 is 0 Å². The zero-order chi connectivity index (χ0) is 14.0. The zero-order valence-corrected chi connectivity index (χ0v) is 14.1. The smallest absolute Gasteiger partial charge is 0.255 e. The highest BCUT2D eigenvalue weighted by Gasteiger charge is 2.27. The van der Waals surface area contributed by atoms with Gasteiger partial charge in [0.2, 0.25) is 0 Å². The van der Waals surface area contributed by atoms with Gasteiger partial charge in [-0.25, -0.2) is 0 Å². The SMILES string of the molecule is Cc1ccc(C(=O)N2CCSC(C)(C)CC2)c(Br)c1. The van der Waals surface area contributed by atoms with Crippen LogP contribution in [0.25, 0.3) is 0 Å². The standard InChI is InChI=1S/C15H20BrNOS/c1-11-4-5-12(13(16)10-11)14(18)17-7-6-15(2,3)19-9-8-17/h4-5,10H,6-9H2,1-3H3. The van der Waals surface area contributed by atoms with Crippen molar-refractivity contribution in [1.82, 2.24) is 4.90 Å². The first kappa shape index (κ1) is 14.9. The monoisotopic (exact) mass is 341 g/mol. The van der Waals surface area contributed by atoms with E-state index < -0.39 is 0 Å². The fourth-order valence-electron chi connectivity index (χ4n) is 2.19. The molecular weight excluding hydrogens is 322 g/mol. The predicted molar refractivity (Wildman–Crippen MR) is 85.9 cm³/mol. The minimum Gasteiger partial charge on any atom is -0.338 e. The highest BCUT2D eigenvalue weighted by molar-refractivity contribution is 9.10. The van der Waals surface area contributed by atoms with Crippen molar-refractivity contribution in [2.24, 2.45) is 0 Å². The summed E-state index contributed by atoms with van der Waals surface area (Å²) in [5.41, 5.74) is 1.94. The molecule has 1 saturated heterocycles. The van der Waals surface area contributed by atoms with Gasteiger partial charge in [-0.1, -0.05) is 19.9 Å². The van der Waals surface area contributed by atoms with Gasteiger partial charge in [0.25, 0.3) is 5.91 Å². The molecule has 0 saturated carbocycles. The third-order valence-corrected chi connectivity index (χ3v) is 5.51. The Hall–Kier alpha value is -0.480. The van der Waals surface area contributed by atoms with Crippen molar-refractivity contribution in [3.05, 3.63) is 33.8 Å². The summed E-state index contributed by atoms with van der Waals surface area (Å²) in [6.45, 7) is 8.23. The summed E-state index contributed by atoms with van der Waals surface area (Å²) in [6.07, 6.45) is 1.05. The van der Waals surface area contributed by atoms with E-state index in [1.807, 2.05) is 41.8 Å². The van der Waals surface area contributed by atoms with E-state index in [0.29, 0.717) is 0 Å². The zero-order valence-electron chi connectivity index (χ0n) is 11.7. The van der Waals surface area contributed by atoms with Crippen LogP contribution in [0, 0.1) is 6.92 Å². The predicted octanol–water partition coefficient (Wildman–Crippen LogP) is 4.12. The van der Waals surface area contributed by atoms with Crippen LogP contribution in [0.3, 0.4) is 0 Å². The lowest BCUT2D eigenvalue weighted by Gasteiger charge is -2.23. The van der Waals surface area contributed by atoms with Crippen LogP contribution in [0.5, 0.6) is 0 Å². The van der Waals surface area contributed by atoms with Crippen LogP contribution in [-0.4, -0.2) is 34.4 Å². The maximum Gasteiger partial charge on any atom is 0.255 e. The van der Waals surface area contributed by atoms with Gasteiger partial charge in [-0.05, 0) is 47.0 Å². The normalized spacial score (nSPS) is 19.1. The fourth-order valence-corrected chi connectivity index (χ4v) is 3.95. The van der Waals surface area contributed by atoms with E-state index in [2.05, 4.69) is 29.8 Å². The molecule has 1 aromatic carbocycles. The molecule has 1 heterocycles. The van der Waals surface area contributed by atoms with Crippen LogP contribution in [0.4, 0.5) is 0 Å². The van der Waals surface area contributed by atoms with E-state index >= 15 is 0 Å². The Bertz CT molecular complexity index is 487. The average molecular weight is 342 g/mol. The second-order valence-electron chi connectivity index (χ2n) is 5.63. The van der Waals surface area contributed by atoms with E-state index in [1.165, 1.54) is 0 Å². The molecular formula is C15H20BrNOS. The first-order chi connectivity index (χ1) is 8.89. The molecule has 1 aromatic rings. The van der Waals surface area contributed by atoms with Crippen LogP contribution in [-0.2, 0) is 0 Å². The lowest BCUT2D eigenvalue weighted by atomic mass is 10.1. The van der Waals surface area contributed by atoms with Crippen molar-refractivity contribution in [3.63, 3.8) is 0 Å². The Labute approximate surface area is 128 Å². The van der Waals surface area contributed by atoms with Gasteiger partial charge in [-0.2, -0.15) is 11.8 Å². The summed E-state index contributed by atoms with van der Waals surface area (Å²) in [5, 5.41) is 0. The molecule has 104 valence electrons. The number of amides is 1. The largest absolute Gasteiger partial charge is 0.338 e. The highest BCUT2D eigenvalue weighted by Crippen LogP contribution is 2.31. The first-order valence-electron chi connectivity index (χ1n) is 6.58. The maximum atomic E-state index is 12.6. The van der Waals surface area contributed by atoms with E-state index in [9.17, 15) is 4.79 Å². The number of aryl methyl sites for hydroxylation is 1. The van der Waals surface area contributed by atoms with Crippen molar-refractivity contribution in [3.8, 4) is 0 Å². The van der Waals surface area contributed by atoms with Gasteiger partial charge in [0.05, 0.1) is 5.56 Å². The third-order valence-electron chi connectivity index (χ3n) is 3.48.